The molecule has 1 amide bonds. The topological polar surface area (TPSA) is 68.8 Å². The van der Waals surface area contributed by atoms with Gasteiger partial charge in [-0.25, -0.2) is 4.98 Å². The molecule has 7 heteroatoms. The third-order valence-corrected chi connectivity index (χ3v) is 5.92. The Labute approximate surface area is 185 Å². The number of hydrogen-bond donors (Lipinski definition) is 0. The predicted molar refractivity (Wildman–Crippen MR) is 123 cm³/mol. The van der Waals surface area contributed by atoms with E-state index in [1.54, 1.807) is 16.7 Å². The third-order valence-electron chi connectivity index (χ3n) is 5.92. The van der Waals surface area contributed by atoms with Crippen LogP contribution in [0.2, 0.25) is 0 Å². The second-order valence-corrected chi connectivity index (χ2v) is 8.66. The number of morpholine rings is 1. The zero-order chi connectivity index (χ0) is 22.4. The van der Waals surface area contributed by atoms with Crippen LogP contribution >= 0.6 is 0 Å². The molecule has 0 saturated carbocycles. The van der Waals surface area contributed by atoms with E-state index in [1.165, 1.54) is 0 Å². The van der Waals surface area contributed by atoms with Crippen molar-refractivity contribution in [2.75, 3.05) is 13.1 Å². The Kier molecular flexibility index (Phi) is 5.06. The number of carbonyl (C=O) groups is 1. The molecule has 32 heavy (non-hydrogen) atoms. The number of nitrogens with zero attached hydrogens (tertiary/aromatic N) is 4. The summed E-state index contributed by atoms with van der Waals surface area (Å²) in [7, 11) is 0. The first kappa shape index (κ1) is 20.5. The van der Waals surface area contributed by atoms with Crippen molar-refractivity contribution in [1.82, 2.24) is 18.9 Å². The Morgan fingerprint density at radius 2 is 1.81 bits per heavy atom. The molecule has 0 radical (unpaired) electrons. The SMILES string of the molecule is Cc1ccc2nc3c(cc(C(=O)N4CC(C)OC(C)C4)n3Cc3ccccc3)c(=O)n2c1. The van der Waals surface area contributed by atoms with Crippen LogP contribution in [0.5, 0.6) is 0 Å². The molecule has 2 atom stereocenters. The van der Waals surface area contributed by atoms with Crippen molar-refractivity contribution in [3.8, 4) is 0 Å². The van der Waals surface area contributed by atoms with Gasteiger partial charge in [-0.15, -0.1) is 0 Å². The van der Waals surface area contributed by atoms with E-state index in [9.17, 15) is 9.59 Å². The van der Waals surface area contributed by atoms with Crippen LogP contribution < -0.4 is 5.56 Å². The fourth-order valence-corrected chi connectivity index (χ4v) is 4.52. The first-order chi connectivity index (χ1) is 15.4. The number of ether oxygens (including phenoxy) is 1. The standard InChI is InChI=1S/C25H26N4O3/c1-16-9-10-22-26-23-20(24(30)29(22)12-16)11-21(28(23)15-19-7-5-4-6-8-19)25(31)27-13-17(2)32-18(3)14-27/h4-12,17-18H,13-15H2,1-3H3. The molecule has 4 heterocycles. The summed E-state index contributed by atoms with van der Waals surface area (Å²) in [5.74, 6) is -0.106. The fourth-order valence-electron chi connectivity index (χ4n) is 4.52. The Morgan fingerprint density at radius 3 is 2.53 bits per heavy atom. The molecule has 1 saturated heterocycles. The Bertz CT molecular complexity index is 1360. The summed E-state index contributed by atoms with van der Waals surface area (Å²) < 4.78 is 9.23. The van der Waals surface area contributed by atoms with Gasteiger partial charge in [-0.3, -0.25) is 14.0 Å². The largest absolute Gasteiger partial charge is 0.372 e. The molecular formula is C25H26N4O3. The Balaban J connectivity index is 1.70. The smallest absolute Gasteiger partial charge is 0.270 e. The van der Waals surface area contributed by atoms with Crippen molar-refractivity contribution in [2.24, 2.45) is 0 Å². The van der Waals surface area contributed by atoms with Gasteiger partial charge in [0, 0.05) is 25.8 Å². The summed E-state index contributed by atoms with van der Waals surface area (Å²) in [5.41, 5.74) is 3.40. The van der Waals surface area contributed by atoms with Gasteiger partial charge in [-0.2, -0.15) is 0 Å². The molecule has 1 fully saturated rings. The van der Waals surface area contributed by atoms with Gasteiger partial charge in [0.1, 0.15) is 17.0 Å². The van der Waals surface area contributed by atoms with Gasteiger partial charge in [0.25, 0.3) is 11.5 Å². The molecule has 2 unspecified atom stereocenters. The number of aromatic nitrogens is 3. The minimum absolute atomic E-state index is 0.0380. The van der Waals surface area contributed by atoms with Gasteiger partial charge in [-0.1, -0.05) is 36.4 Å². The van der Waals surface area contributed by atoms with E-state index >= 15 is 0 Å². The molecule has 5 rings (SSSR count). The molecule has 7 nitrogen and oxygen atoms in total. The van der Waals surface area contributed by atoms with E-state index in [1.807, 2.05) is 72.7 Å². The third kappa shape index (κ3) is 3.58. The lowest BCUT2D eigenvalue weighted by molar-refractivity contribution is -0.0588. The van der Waals surface area contributed by atoms with Crippen LogP contribution in [-0.4, -0.2) is 50.1 Å². The van der Waals surface area contributed by atoms with Crippen molar-refractivity contribution >= 4 is 22.6 Å². The summed E-state index contributed by atoms with van der Waals surface area (Å²) in [6.45, 7) is 7.37. The molecule has 3 aromatic heterocycles. The average molecular weight is 431 g/mol. The van der Waals surface area contributed by atoms with Crippen LogP contribution in [0.4, 0.5) is 0 Å². The number of pyridine rings is 1. The highest BCUT2D eigenvalue weighted by molar-refractivity contribution is 5.98. The maximum Gasteiger partial charge on any atom is 0.270 e. The van der Waals surface area contributed by atoms with Crippen LogP contribution in [0, 0.1) is 6.92 Å². The first-order valence-electron chi connectivity index (χ1n) is 10.9. The molecule has 1 aliphatic heterocycles. The highest BCUT2D eigenvalue weighted by Crippen LogP contribution is 2.22. The molecule has 164 valence electrons. The lowest BCUT2D eigenvalue weighted by atomic mass is 10.2. The van der Waals surface area contributed by atoms with Gasteiger partial charge < -0.3 is 14.2 Å². The van der Waals surface area contributed by atoms with Gasteiger partial charge in [-0.05, 0) is 44.0 Å². The number of benzene rings is 1. The highest BCUT2D eigenvalue weighted by Gasteiger charge is 2.29. The predicted octanol–water partition coefficient (Wildman–Crippen LogP) is 3.26. The minimum Gasteiger partial charge on any atom is -0.372 e. The van der Waals surface area contributed by atoms with Crippen molar-refractivity contribution in [3.63, 3.8) is 0 Å². The molecule has 0 N–H and O–H groups in total. The lowest BCUT2D eigenvalue weighted by Crippen LogP contribution is -2.48. The van der Waals surface area contributed by atoms with E-state index in [4.69, 9.17) is 9.72 Å². The van der Waals surface area contributed by atoms with Gasteiger partial charge in [0.2, 0.25) is 0 Å². The second-order valence-electron chi connectivity index (χ2n) is 8.66. The van der Waals surface area contributed by atoms with Crippen molar-refractivity contribution < 1.29 is 9.53 Å². The number of hydrogen-bond acceptors (Lipinski definition) is 4. The number of fused-ring (bicyclic) bond motifs is 2. The summed E-state index contributed by atoms with van der Waals surface area (Å²) in [5, 5.41) is 0.446. The Hall–Kier alpha value is -3.45. The van der Waals surface area contributed by atoms with E-state index < -0.39 is 0 Å². The average Bonchev–Trinajstić information content (AvgIpc) is 3.12. The zero-order valence-electron chi connectivity index (χ0n) is 18.5. The summed E-state index contributed by atoms with van der Waals surface area (Å²) >= 11 is 0. The van der Waals surface area contributed by atoms with Crippen LogP contribution in [0.25, 0.3) is 16.7 Å². The normalized spacial score (nSPS) is 19.0. The monoisotopic (exact) mass is 430 g/mol. The maximum atomic E-state index is 13.6. The first-order valence-corrected chi connectivity index (χ1v) is 10.9. The minimum atomic E-state index is -0.168. The van der Waals surface area contributed by atoms with Crippen LogP contribution in [0.1, 0.15) is 35.5 Å². The second kappa shape index (κ2) is 7.91. The Morgan fingerprint density at radius 1 is 1.09 bits per heavy atom. The van der Waals surface area contributed by atoms with Crippen LogP contribution in [0.3, 0.4) is 0 Å². The van der Waals surface area contributed by atoms with E-state index in [0.717, 1.165) is 11.1 Å². The zero-order valence-corrected chi connectivity index (χ0v) is 18.5. The summed E-state index contributed by atoms with van der Waals surface area (Å²) in [4.78, 5) is 33.6. The van der Waals surface area contributed by atoms with Crippen molar-refractivity contribution in [3.05, 3.63) is 81.9 Å². The molecule has 0 spiro atoms. The van der Waals surface area contributed by atoms with Crippen LogP contribution in [-0.2, 0) is 11.3 Å². The number of carbonyl (C=O) groups excluding carboxylic acids is 1. The molecule has 4 aromatic rings. The molecule has 0 bridgehead atoms. The molecule has 1 aliphatic rings. The number of amides is 1. The molecule has 0 aliphatic carbocycles. The maximum absolute atomic E-state index is 13.6. The van der Waals surface area contributed by atoms with E-state index in [2.05, 4.69) is 0 Å². The van der Waals surface area contributed by atoms with Crippen LogP contribution in [0.15, 0.2) is 59.5 Å². The summed E-state index contributed by atoms with van der Waals surface area (Å²) in [6.07, 6.45) is 1.71. The molecular weight excluding hydrogens is 404 g/mol. The van der Waals surface area contributed by atoms with E-state index in [0.29, 0.717) is 42.0 Å². The fraction of sp³-hybridized carbons (Fsp3) is 0.320. The number of aryl methyl sites for hydroxylation is 1. The summed E-state index contributed by atoms with van der Waals surface area (Å²) in [6, 6.07) is 15.4. The number of rotatable bonds is 3. The van der Waals surface area contributed by atoms with Crippen molar-refractivity contribution in [2.45, 2.75) is 39.5 Å². The van der Waals surface area contributed by atoms with Gasteiger partial charge >= 0.3 is 0 Å². The quantitative estimate of drug-likeness (QED) is 0.500. The lowest BCUT2D eigenvalue weighted by Gasteiger charge is -2.35. The van der Waals surface area contributed by atoms with E-state index in [-0.39, 0.29) is 23.7 Å². The van der Waals surface area contributed by atoms with Gasteiger partial charge in [0.05, 0.1) is 17.6 Å². The highest BCUT2D eigenvalue weighted by atomic mass is 16.5. The molecule has 1 aromatic carbocycles. The van der Waals surface area contributed by atoms with Crippen molar-refractivity contribution in [1.29, 1.82) is 0 Å². The van der Waals surface area contributed by atoms with Gasteiger partial charge in [0.15, 0.2) is 0 Å².